The van der Waals surface area contributed by atoms with Crippen molar-refractivity contribution in [1.82, 2.24) is 19.5 Å². The van der Waals surface area contributed by atoms with Gasteiger partial charge < -0.3 is 13.4 Å². The number of fused-ring (bicyclic) bond motifs is 9. The molecule has 0 amide bonds. The number of hydrogen-bond donors (Lipinski definition) is 0. The molecule has 12 aromatic rings. The predicted molar refractivity (Wildman–Crippen MR) is 230 cm³/mol. The van der Waals surface area contributed by atoms with Gasteiger partial charge in [-0.2, -0.15) is 0 Å². The summed E-state index contributed by atoms with van der Waals surface area (Å²) in [5.41, 5.74) is 11.4. The van der Waals surface area contributed by atoms with Crippen molar-refractivity contribution in [3.05, 3.63) is 182 Å². The van der Waals surface area contributed by atoms with Gasteiger partial charge in [0.15, 0.2) is 17.5 Å². The monoisotopic (exact) mass is 730 g/mol. The molecule has 0 atom stereocenters. The molecule has 0 saturated carbocycles. The fraction of sp³-hybridized carbons (Fsp3) is 0. The predicted octanol–water partition coefficient (Wildman–Crippen LogP) is 13.4. The smallest absolute Gasteiger partial charge is 0.164 e. The zero-order valence-electron chi connectivity index (χ0n) is 30.4. The highest BCUT2D eigenvalue weighted by molar-refractivity contribution is 6.12. The summed E-state index contributed by atoms with van der Waals surface area (Å²) in [7, 11) is 0. The van der Waals surface area contributed by atoms with E-state index in [2.05, 4.69) is 126 Å². The number of aromatic nitrogens is 4. The van der Waals surface area contributed by atoms with Gasteiger partial charge in [0.05, 0.1) is 11.0 Å². The zero-order valence-corrected chi connectivity index (χ0v) is 30.4. The van der Waals surface area contributed by atoms with E-state index in [1.165, 1.54) is 5.39 Å². The second-order valence-corrected chi connectivity index (χ2v) is 14.4. The number of nitrogens with zero attached hydrogens (tertiary/aromatic N) is 4. The van der Waals surface area contributed by atoms with Crippen LogP contribution in [-0.4, -0.2) is 19.5 Å². The highest BCUT2D eigenvalue weighted by Crippen LogP contribution is 2.40. The zero-order chi connectivity index (χ0) is 37.5. The molecule has 12 rings (SSSR count). The Morgan fingerprint density at radius 2 is 0.895 bits per heavy atom. The van der Waals surface area contributed by atoms with Crippen molar-refractivity contribution < 1.29 is 8.83 Å². The number of benzene rings is 8. The molecule has 0 aliphatic carbocycles. The minimum absolute atomic E-state index is 0.574. The van der Waals surface area contributed by atoms with E-state index in [0.717, 1.165) is 93.8 Å². The van der Waals surface area contributed by atoms with Crippen molar-refractivity contribution in [3.63, 3.8) is 0 Å². The molecule has 0 unspecified atom stereocenters. The van der Waals surface area contributed by atoms with Crippen LogP contribution in [0.15, 0.2) is 191 Å². The molecule has 0 N–H and O–H groups in total. The van der Waals surface area contributed by atoms with Gasteiger partial charge in [0, 0.05) is 60.3 Å². The molecule has 4 aromatic heterocycles. The molecule has 0 aliphatic rings. The maximum atomic E-state index is 6.60. The minimum atomic E-state index is 0.574. The fourth-order valence-corrected chi connectivity index (χ4v) is 8.38. The molecule has 6 heteroatoms. The lowest BCUT2D eigenvalue weighted by Gasteiger charge is -2.10. The van der Waals surface area contributed by atoms with E-state index in [4.69, 9.17) is 23.8 Å². The first-order valence-electron chi connectivity index (χ1n) is 19.0. The van der Waals surface area contributed by atoms with E-state index in [0.29, 0.717) is 17.5 Å². The summed E-state index contributed by atoms with van der Waals surface area (Å²) in [6.07, 6.45) is 0. The van der Waals surface area contributed by atoms with Gasteiger partial charge in [-0.15, -0.1) is 0 Å². The average Bonchev–Trinajstić information content (AvgIpc) is 3.95. The summed E-state index contributed by atoms with van der Waals surface area (Å²) in [6.45, 7) is 0. The molecule has 0 fully saturated rings. The molecule has 0 spiro atoms. The Balaban J connectivity index is 0.991. The normalized spacial score (nSPS) is 11.9. The highest BCUT2D eigenvalue weighted by Gasteiger charge is 2.19. The van der Waals surface area contributed by atoms with E-state index in [1.807, 2.05) is 60.7 Å². The van der Waals surface area contributed by atoms with Crippen LogP contribution >= 0.6 is 0 Å². The molecule has 4 heterocycles. The molecular formula is C51H30N4O2. The third kappa shape index (κ3) is 5.01. The van der Waals surface area contributed by atoms with E-state index in [1.54, 1.807) is 0 Å². The van der Waals surface area contributed by atoms with Crippen molar-refractivity contribution in [2.75, 3.05) is 0 Å². The number of rotatable bonds is 5. The van der Waals surface area contributed by atoms with Crippen LogP contribution in [0.1, 0.15) is 0 Å². The Hall–Kier alpha value is -7.83. The highest BCUT2D eigenvalue weighted by atomic mass is 16.3. The van der Waals surface area contributed by atoms with Crippen LogP contribution in [0.4, 0.5) is 0 Å². The van der Waals surface area contributed by atoms with Crippen LogP contribution in [0.3, 0.4) is 0 Å². The summed E-state index contributed by atoms with van der Waals surface area (Å²) in [4.78, 5) is 15.2. The van der Waals surface area contributed by atoms with Crippen molar-refractivity contribution >= 4 is 65.7 Å². The first kappa shape index (κ1) is 31.5. The summed E-state index contributed by atoms with van der Waals surface area (Å²) < 4.78 is 15.3. The maximum absolute atomic E-state index is 6.60. The Morgan fingerprint density at radius 3 is 1.68 bits per heavy atom. The van der Waals surface area contributed by atoms with Gasteiger partial charge in [0.1, 0.15) is 22.3 Å². The summed E-state index contributed by atoms with van der Waals surface area (Å²) >= 11 is 0. The first-order valence-corrected chi connectivity index (χ1v) is 19.0. The lowest BCUT2D eigenvalue weighted by Crippen LogP contribution is -2.00. The molecule has 0 radical (unpaired) electrons. The van der Waals surface area contributed by atoms with Crippen molar-refractivity contribution in [1.29, 1.82) is 0 Å². The van der Waals surface area contributed by atoms with Gasteiger partial charge in [0.2, 0.25) is 0 Å². The number of hydrogen-bond acceptors (Lipinski definition) is 5. The van der Waals surface area contributed by atoms with Crippen LogP contribution in [0, 0.1) is 0 Å². The van der Waals surface area contributed by atoms with Gasteiger partial charge in [0.25, 0.3) is 0 Å². The van der Waals surface area contributed by atoms with E-state index >= 15 is 0 Å². The maximum Gasteiger partial charge on any atom is 0.164 e. The van der Waals surface area contributed by atoms with Crippen LogP contribution < -0.4 is 0 Å². The summed E-state index contributed by atoms with van der Waals surface area (Å²) in [5, 5.41) is 6.59. The third-order valence-corrected chi connectivity index (χ3v) is 11.1. The molecular weight excluding hydrogens is 701 g/mol. The average molecular weight is 731 g/mol. The Bertz CT molecular complexity index is 3530. The van der Waals surface area contributed by atoms with Crippen molar-refractivity contribution in [2.45, 2.75) is 0 Å². The van der Waals surface area contributed by atoms with Gasteiger partial charge in [-0.05, 0) is 72.3 Å². The van der Waals surface area contributed by atoms with Crippen molar-refractivity contribution in [2.24, 2.45) is 0 Å². The number of furan rings is 2. The molecule has 0 bridgehead atoms. The van der Waals surface area contributed by atoms with Crippen molar-refractivity contribution in [3.8, 4) is 51.0 Å². The van der Waals surface area contributed by atoms with Crippen LogP contribution in [0.25, 0.3) is 117 Å². The lowest BCUT2D eigenvalue weighted by atomic mass is 10.0. The fourth-order valence-electron chi connectivity index (χ4n) is 8.38. The second kappa shape index (κ2) is 12.3. The SMILES string of the molecule is c1ccc(-c2nc(-c3ccc4c(c3)oc3cc(-c5cccc6c5oc5ccccc56)ccc34)nc(-c3ccc4c(c3)c3ccccc3n4-c3ccccc3)n2)cc1. The molecule has 6 nitrogen and oxygen atoms in total. The van der Waals surface area contributed by atoms with Crippen LogP contribution in [0.5, 0.6) is 0 Å². The molecule has 0 aliphatic heterocycles. The Labute approximate surface area is 325 Å². The number of para-hydroxylation sites is 4. The van der Waals surface area contributed by atoms with Gasteiger partial charge in [-0.3, -0.25) is 0 Å². The lowest BCUT2D eigenvalue weighted by molar-refractivity contribution is 0.668. The standard InChI is InChI=1S/C51H30N4O2/c1-3-12-31(13-4-1)49-52-50(33-24-27-44-42(28-33)37-16-7-9-20-43(37)55(44)35-14-5-2-6-15-35)54-51(53-49)34-23-26-40-39-25-22-32(29-46(39)56-47(40)30-34)36-18-11-19-41-38-17-8-10-21-45(38)57-48(36)41/h1-30H. The van der Waals surface area contributed by atoms with E-state index in [9.17, 15) is 0 Å². The quantitative estimate of drug-likeness (QED) is 0.176. The molecule has 57 heavy (non-hydrogen) atoms. The van der Waals surface area contributed by atoms with E-state index in [-0.39, 0.29) is 0 Å². The largest absolute Gasteiger partial charge is 0.456 e. The molecule has 266 valence electrons. The minimum Gasteiger partial charge on any atom is -0.456 e. The van der Waals surface area contributed by atoms with E-state index < -0.39 is 0 Å². The summed E-state index contributed by atoms with van der Waals surface area (Å²) in [5.74, 6) is 1.79. The van der Waals surface area contributed by atoms with Gasteiger partial charge >= 0.3 is 0 Å². The third-order valence-electron chi connectivity index (χ3n) is 11.1. The second-order valence-electron chi connectivity index (χ2n) is 14.4. The van der Waals surface area contributed by atoms with Gasteiger partial charge in [-0.1, -0.05) is 115 Å². The first-order chi connectivity index (χ1) is 28.2. The van der Waals surface area contributed by atoms with Crippen LogP contribution in [0.2, 0.25) is 0 Å². The molecule has 0 saturated heterocycles. The van der Waals surface area contributed by atoms with Gasteiger partial charge in [-0.25, -0.2) is 15.0 Å². The topological polar surface area (TPSA) is 69.9 Å². The summed E-state index contributed by atoms with van der Waals surface area (Å²) in [6, 6.07) is 62.7. The molecule has 8 aromatic carbocycles. The Kier molecular flexibility index (Phi) is 6.83. The van der Waals surface area contributed by atoms with Crippen LogP contribution in [-0.2, 0) is 0 Å². The Morgan fingerprint density at radius 1 is 0.333 bits per heavy atom.